The highest BCUT2D eigenvalue weighted by Gasteiger charge is 2.39. The van der Waals surface area contributed by atoms with Gasteiger partial charge in [-0.1, -0.05) is 37.3 Å². The number of nitrogens with zero attached hydrogens (tertiary/aromatic N) is 1. The van der Waals surface area contributed by atoms with E-state index in [1.807, 2.05) is 24.3 Å². The number of hydrogen-bond acceptors (Lipinski definition) is 3. The number of rotatable bonds is 5. The lowest BCUT2D eigenvalue weighted by Crippen LogP contribution is -2.02. The first-order valence-corrected chi connectivity index (χ1v) is 7.42. The van der Waals surface area contributed by atoms with Gasteiger partial charge in [-0.2, -0.15) is 0 Å². The van der Waals surface area contributed by atoms with Crippen LogP contribution in [0.4, 0.5) is 0 Å². The molecule has 0 saturated heterocycles. The summed E-state index contributed by atoms with van der Waals surface area (Å²) >= 11 is 0. The van der Waals surface area contributed by atoms with E-state index in [9.17, 15) is 9.59 Å². The zero-order valence-corrected chi connectivity index (χ0v) is 12.4. The van der Waals surface area contributed by atoms with Gasteiger partial charge in [0.2, 0.25) is 0 Å². The van der Waals surface area contributed by atoms with Gasteiger partial charge in [0.25, 0.3) is 0 Å². The van der Waals surface area contributed by atoms with Gasteiger partial charge < -0.3 is 0 Å². The van der Waals surface area contributed by atoms with Gasteiger partial charge >= 0.3 is 0 Å². The molecule has 0 bridgehead atoms. The van der Waals surface area contributed by atoms with Gasteiger partial charge in [-0.05, 0) is 36.1 Å². The number of carbonyl (C=O) groups is 2. The number of ketones is 2. The minimum Gasteiger partial charge on any atom is -0.294 e. The van der Waals surface area contributed by atoms with Crippen LogP contribution in [0, 0.1) is 11.8 Å². The third-order valence-electron chi connectivity index (χ3n) is 4.01. The van der Waals surface area contributed by atoms with Crippen LogP contribution >= 0.6 is 0 Å². The second-order valence-electron chi connectivity index (χ2n) is 5.75. The minimum atomic E-state index is -0.0833. The smallest absolute Gasteiger partial charge is 0.187 e. The summed E-state index contributed by atoms with van der Waals surface area (Å²) in [5, 5.41) is 0. The van der Waals surface area contributed by atoms with Gasteiger partial charge in [0.05, 0.1) is 0 Å². The van der Waals surface area contributed by atoms with Crippen LogP contribution in [-0.4, -0.2) is 16.6 Å². The highest BCUT2D eigenvalue weighted by Crippen LogP contribution is 2.40. The van der Waals surface area contributed by atoms with Crippen molar-refractivity contribution < 1.29 is 9.59 Å². The van der Waals surface area contributed by atoms with Crippen molar-refractivity contribution in [1.29, 1.82) is 0 Å². The van der Waals surface area contributed by atoms with Crippen molar-refractivity contribution in [2.24, 2.45) is 11.8 Å². The molecule has 2 atom stereocenters. The molecule has 0 amide bonds. The van der Waals surface area contributed by atoms with Crippen molar-refractivity contribution in [3.05, 3.63) is 71.6 Å². The topological polar surface area (TPSA) is 47.0 Å². The zero-order valence-electron chi connectivity index (χ0n) is 12.4. The predicted molar refractivity (Wildman–Crippen MR) is 85.6 cm³/mol. The van der Waals surface area contributed by atoms with E-state index >= 15 is 0 Å². The van der Waals surface area contributed by atoms with Crippen LogP contribution in [0.2, 0.25) is 0 Å². The molecule has 3 heteroatoms. The zero-order chi connectivity index (χ0) is 15.5. The van der Waals surface area contributed by atoms with Crippen LogP contribution in [-0.2, 0) is 0 Å². The highest BCUT2D eigenvalue weighted by molar-refractivity contribution is 6.06. The molecule has 3 rings (SSSR count). The lowest BCUT2D eigenvalue weighted by Gasteiger charge is -2.00. The number of allylic oxidation sites excluding steroid dienone is 1. The normalized spacial score (nSPS) is 20.0. The second-order valence-corrected chi connectivity index (χ2v) is 5.75. The lowest BCUT2D eigenvalue weighted by molar-refractivity contribution is 0.0961. The van der Waals surface area contributed by atoms with Crippen LogP contribution in [0.5, 0.6) is 0 Å². The Balaban J connectivity index is 1.67. The number of pyridine rings is 1. The highest BCUT2D eigenvalue weighted by atomic mass is 16.1. The first kappa shape index (κ1) is 14.4. The maximum Gasteiger partial charge on any atom is 0.187 e. The van der Waals surface area contributed by atoms with Crippen molar-refractivity contribution in [3.8, 4) is 0 Å². The summed E-state index contributed by atoms with van der Waals surface area (Å²) in [6.07, 6.45) is 7.46. The molecule has 1 aliphatic carbocycles. The van der Waals surface area contributed by atoms with Gasteiger partial charge in [0.1, 0.15) is 0 Å². The van der Waals surface area contributed by atoms with Crippen molar-refractivity contribution in [2.45, 2.75) is 13.3 Å². The molecule has 1 heterocycles. The van der Waals surface area contributed by atoms with Gasteiger partial charge in [-0.15, -0.1) is 0 Å². The van der Waals surface area contributed by atoms with Crippen molar-refractivity contribution in [3.63, 3.8) is 0 Å². The van der Waals surface area contributed by atoms with Crippen LogP contribution in [0.3, 0.4) is 0 Å². The molecule has 1 aliphatic rings. The molecule has 0 aliphatic heterocycles. The Bertz CT molecular complexity index is 717. The summed E-state index contributed by atoms with van der Waals surface area (Å²) in [5.74, 6) is 0.868. The monoisotopic (exact) mass is 291 g/mol. The molecular weight excluding hydrogens is 274 g/mol. The third-order valence-corrected chi connectivity index (χ3v) is 4.01. The summed E-state index contributed by atoms with van der Waals surface area (Å²) in [4.78, 5) is 28.0. The minimum absolute atomic E-state index is 0.0833. The molecule has 110 valence electrons. The number of benzene rings is 1. The molecule has 0 radical (unpaired) electrons. The summed E-state index contributed by atoms with van der Waals surface area (Å²) in [6.45, 7) is 2.10. The van der Waals surface area contributed by atoms with E-state index in [2.05, 4.69) is 11.9 Å². The predicted octanol–water partition coefficient (Wildman–Crippen LogP) is 3.82. The molecule has 1 aromatic heterocycles. The fourth-order valence-electron chi connectivity index (χ4n) is 2.44. The molecule has 1 saturated carbocycles. The Morgan fingerprint density at radius 3 is 2.45 bits per heavy atom. The molecule has 2 unspecified atom stereocenters. The van der Waals surface area contributed by atoms with Gasteiger partial charge in [-0.25, -0.2) is 0 Å². The van der Waals surface area contributed by atoms with E-state index in [1.165, 1.54) is 6.08 Å². The lowest BCUT2D eigenvalue weighted by atomic mass is 10.0. The molecule has 0 spiro atoms. The van der Waals surface area contributed by atoms with Gasteiger partial charge in [0.15, 0.2) is 11.6 Å². The van der Waals surface area contributed by atoms with Crippen LogP contribution in [0.15, 0.2) is 54.9 Å². The van der Waals surface area contributed by atoms with Crippen LogP contribution in [0.25, 0.3) is 6.08 Å². The number of carbonyl (C=O) groups excluding carboxylic acids is 2. The fourth-order valence-corrected chi connectivity index (χ4v) is 2.44. The van der Waals surface area contributed by atoms with Gasteiger partial charge in [-0.3, -0.25) is 14.6 Å². The van der Waals surface area contributed by atoms with E-state index in [-0.39, 0.29) is 17.5 Å². The molecule has 2 aromatic rings. The van der Waals surface area contributed by atoms with E-state index in [1.54, 1.807) is 30.6 Å². The summed E-state index contributed by atoms with van der Waals surface area (Å²) < 4.78 is 0. The fraction of sp³-hybridized carbons (Fsp3) is 0.211. The van der Waals surface area contributed by atoms with Crippen molar-refractivity contribution in [1.82, 2.24) is 4.98 Å². The van der Waals surface area contributed by atoms with Crippen LogP contribution < -0.4 is 0 Å². The average Bonchev–Trinajstić information content (AvgIpc) is 3.30. The van der Waals surface area contributed by atoms with E-state index < -0.39 is 0 Å². The van der Waals surface area contributed by atoms with E-state index in [0.717, 1.165) is 17.5 Å². The Morgan fingerprint density at radius 2 is 1.86 bits per heavy atom. The van der Waals surface area contributed by atoms with E-state index in [4.69, 9.17) is 0 Å². The summed E-state index contributed by atoms with van der Waals surface area (Å²) in [6, 6.07) is 10.9. The largest absolute Gasteiger partial charge is 0.294 e. The maximum absolute atomic E-state index is 12.1. The Hall–Kier alpha value is -2.55. The van der Waals surface area contributed by atoms with E-state index in [0.29, 0.717) is 11.5 Å². The van der Waals surface area contributed by atoms with Crippen molar-refractivity contribution in [2.75, 3.05) is 0 Å². The number of Topliss-reactive ketones (excluding diaryl/α,β-unsaturated/α-hetero) is 1. The molecule has 1 fully saturated rings. The number of aromatic nitrogens is 1. The standard InChI is InChI=1S/C19H17NO2/c1-13-11-17(13)19(22)15-7-4-14(5-8-15)6-9-18(21)16-3-2-10-20-12-16/h2-10,12-13,17H,11H2,1H3/b9-6+. The Morgan fingerprint density at radius 1 is 1.14 bits per heavy atom. The molecular formula is C19H17NO2. The molecule has 0 N–H and O–H groups in total. The Labute approximate surface area is 129 Å². The summed E-state index contributed by atoms with van der Waals surface area (Å²) in [5.41, 5.74) is 2.22. The first-order chi connectivity index (χ1) is 10.6. The quantitative estimate of drug-likeness (QED) is 0.621. The third kappa shape index (κ3) is 3.19. The van der Waals surface area contributed by atoms with Crippen molar-refractivity contribution >= 4 is 17.6 Å². The molecule has 3 nitrogen and oxygen atoms in total. The van der Waals surface area contributed by atoms with Crippen LogP contribution in [0.1, 0.15) is 39.6 Å². The number of hydrogen-bond donors (Lipinski definition) is 0. The summed E-state index contributed by atoms with van der Waals surface area (Å²) in [7, 11) is 0. The average molecular weight is 291 g/mol. The molecule has 22 heavy (non-hydrogen) atoms. The van der Waals surface area contributed by atoms with Gasteiger partial charge in [0, 0.05) is 29.4 Å². The molecule has 1 aromatic carbocycles. The Kier molecular flexibility index (Phi) is 3.96. The first-order valence-electron chi connectivity index (χ1n) is 7.42. The SMILES string of the molecule is CC1CC1C(=O)c1ccc(/C=C/C(=O)c2cccnc2)cc1. The second kappa shape index (κ2) is 6.06. The maximum atomic E-state index is 12.1.